The van der Waals surface area contributed by atoms with Gasteiger partial charge in [-0.25, -0.2) is 23.1 Å². The van der Waals surface area contributed by atoms with Crippen LogP contribution in [-0.2, 0) is 14.8 Å². The molecular weight excluding hydrogens is 318 g/mol. The Bertz CT molecular complexity index is 666. The molecule has 0 spiro atoms. The van der Waals surface area contributed by atoms with E-state index in [0.717, 1.165) is 24.7 Å². The van der Waals surface area contributed by atoms with E-state index in [1.807, 2.05) is 25.1 Å². The van der Waals surface area contributed by atoms with Gasteiger partial charge in [0.25, 0.3) is 0 Å². The quantitative estimate of drug-likeness (QED) is 0.775. The Morgan fingerprint density at radius 2 is 2.17 bits per heavy atom. The molecule has 2 saturated heterocycles. The van der Waals surface area contributed by atoms with Gasteiger partial charge < -0.3 is 14.5 Å². The minimum Gasteiger partial charge on any atom is -0.376 e. The van der Waals surface area contributed by atoms with Crippen LogP contribution in [0.2, 0.25) is 0 Å². The van der Waals surface area contributed by atoms with Crippen molar-refractivity contribution in [1.82, 2.24) is 14.7 Å². The molecule has 0 unspecified atom stereocenters. The van der Waals surface area contributed by atoms with Gasteiger partial charge in [-0.05, 0) is 0 Å². The zero-order chi connectivity index (χ0) is 16.6. The van der Waals surface area contributed by atoms with Crippen LogP contribution in [0.25, 0.3) is 0 Å². The molecule has 0 bridgehead atoms. The molecule has 0 aromatic carbocycles. The van der Waals surface area contributed by atoms with Gasteiger partial charge in [-0.1, -0.05) is 0 Å². The number of rotatable bonds is 5. The fraction of sp³-hybridized carbons (Fsp3) is 0.714. The number of fused-ring (bicyclic) bond motifs is 1. The van der Waals surface area contributed by atoms with E-state index >= 15 is 0 Å². The van der Waals surface area contributed by atoms with Gasteiger partial charge in [-0.15, -0.1) is 0 Å². The normalized spacial score (nSPS) is 27.3. The molecule has 3 heterocycles. The van der Waals surface area contributed by atoms with Crippen LogP contribution >= 0.6 is 0 Å². The number of sulfonamides is 1. The van der Waals surface area contributed by atoms with E-state index < -0.39 is 10.0 Å². The summed E-state index contributed by atoms with van der Waals surface area (Å²) < 4.78 is 31.0. The molecule has 23 heavy (non-hydrogen) atoms. The maximum absolute atomic E-state index is 11.3. The Hall–Kier alpha value is -1.45. The average Bonchev–Trinajstić information content (AvgIpc) is 3.05. The van der Waals surface area contributed by atoms with Crippen molar-refractivity contribution >= 4 is 21.7 Å². The van der Waals surface area contributed by atoms with Gasteiger partial charge in [-0.3, -0.25) is 0 Å². The molecule has 1 aromatic rings. The van der Waals surface area contributed by atoms with Crippen LogP contribution in [0.1, 0.15) is 0 Å². The summed E-state index contributed by atoms with van der Waals surface area (Å²) in [5.74, 6) is 2.27. The van der Waals surface area contributed by atoms with Crippen LogP contribution in [0.5, 0.6) is 0 Å². The van der Waals surface area contributed by atoms with E-state index in [9.17, 15) is 8.42 Å². The lowest BCUT2D eigenvalue weighted by atomic mass is 9.93. The van der Waals surface area contributed by atoms with Crippen molar-refractivity contribution in [3.63, 3.8) is 0 Å². The molecule has 0 saturated carbocycles. The second-order valence-corrected chi connectivity index (χ2v) is 8.28. The van der Waals surface area contributed by atoms with Crippen LogP contribution in [0.3, 0.4) is 0 Å². The summed E-state index contributed by atoms with van der Waals surface area (Å²) in [5, 5.41) is 0. The fourth-order valence-electron chi connectivity index (χ4n) is 3.21. The van der Waals surface area contributed by atoms with Gasteiger partial charge in [-0.2, -0.15) is 0 Å². The molecular formula is C14H23N5O3S. The van der Waals surface area contributed by atoms with Gasteiger partial charge >= 0.3 is 0 Å². The molecule has 0 aliphatic carbocycles. The molecule has 2 aliphatic heterocycles. The summed E-state index contributed by atoms with van der Waals surface area (Å²) in [7, 11) is 0.724. The minimum absolute atomic E-state index is 0.138. The van der Waals surface area contributed by atoms with Gasteiger partial charge in [0, 0.05) is 51.6 Å². The van der Waals surface area contributed by atoms with Crippen molar-refractivity contribution in [2.24, 2.45) is 11.8 Å². The minimum atomic E-state index is -3.17. The molecule has 3 atom stereocenters. The largest absolute Gasteiger partial charge is 0.376 e. The number of ether oxygens (including phenoxy) is 1. The number of hydrogen-bond donors (Lipinski definition) is 1. The third-order valence-electron chi connectivity index (χ3n) is 4.47. The Labute approximate surface area is 136 Å². The van der Waals surface area contributed by atoms with E-state index in [0.29, 0.717) is 19.1 Å². The van der Waals surface area contributed by atoms with Crippen LogP contribution in [0.15, 0.2) is 12.4 Å². The molecule has 1 aromatic heterocycles. The number of nitrogens with zero attached hydrogens (tertiary/aromatic N) is 4. The molecule has 1 N–H and O–H groups in total. The fourth-order valence-corrected chi connectivity index (χ4v) is 3.73. The second kappa shape index (κ2) is 6.21. The Balaban J connectivity index is 1.67. The SMILES string of the molecule is CN(C)c1cc(N2C[C@@H]3[C@H](CNS(C)(=O)=O)CO[C@@H]3C2)ncn1. The monoisotopic (exact) mass is 341 g/mol. The smallest absolute Gasteiger partial charge is 0.208 e. The molecule has 8 nitrogen and oxygen atoms in total. The standard InChI is InChI=1S/C14H23N5O3S/c1-18(2)13-4-14(16-9-15-13)19-6-11-10(5-17-23(3,20)21)8-22-12(11)7-19/h4,9-12,17H,5-8H2,1-3H3/t10-,11-,12-/m1/s1. The van der Waals surface area contributed by atoms with Crippen molar-refractivity contribution in [2.45, 2.75) is 6.10 Å². The molecule has 2 aliphatic rings. The molecule has 3 rings (SSSR count). The van der Waals surface area contributed by atoms with Gasteiger partial charge in [0.1, 0.15) is 18.0 Å². The van der Waals surface area contributed by atoms with Crippen molar-refractivity contribution in [2.75, 3.05) is 56.4 Å². The molecule has 0 amide bonds. The van der Waals surface area contributed by atoms with E-state index in [2.05, 4.69) is 19.6 Å². The molecule has 9 heteroatoms. The summed E-state index contributed by atoms with van der Waals surface area (Å²) in [6.07, 6.45) is 2.90. The summed E-state index contributed by atoms with van der Waals surface area (Å²) in [6, 6.07) is 1.96. The van der Waals surface area contributed by atoms with Gasteiger partial charge in [0.15, 0.2) is 0 Å². The molecule has 128 valence electrons. The first kappa shape index (κ1) is 16.4. The third kappa shape index (κ3) is 3.73. The van der Waals surface area contributed by atoms with E-state index in [1.165, 1.54) is 6.26 Å². The van der Waals surface area contributed by atoms with Crippen molar-refractivity contribution in [3.05, 3.63) is 12.4 Å². The highest BCUT2D eigenvalue weighted by Gasteiger charge is 2.44. The summed E-state index contributed by atoms with van der Waals surface area (Å²) in [5.41, 5.74) is 0. The topological polar surface area (TPSA) is 87.7 Å². The van der Waals surface area contributed by atoms with E-state index in [4.69, 9.17) is 4.74 Å². The van der Waals surface area contributed by atoms with Crippen LogP contribution in [0, 0.1) is 11.8 Å². The molecule has 0 radical (unpaired) electrons. The first-order chi connectivity index (χ1) is 10.8. The Morgan fingerprint density at radius 3 is 2.87 bits per heavy atom. The van der Waals surface area contributed by atoms with Crippen molar-refractivity contribution in [1.29, 1.82) is 0 Å². The summed E-state index contributed by atoms with van der Waals surface area (Å²) in [4.78, 5) is 12.7. The van der Waals surface area contributed by atoms with Gasteiger partial charge in [0.2, 0.25) is 10.0 Å². The van der Waals surface area contributed by atoms with Crippen molar-refractivity contribution in [3.8, 4) is 0 Å². The summed E-state index contributed by atoms with van der Waals surface area (Å²) >= 11 is 0. The zero-order valence-corrected chi connectivity index (χ0v) is 14.5. The summed E-state index contributed by atoms with van der Waals surface area (Å²) in [6.45, 7) is 2.65. The van der Waals surface area contributed by atoms with E-state index in [-0.39, 0.29) is 12.0 Å². The second-order valence-electron chi connectivity index (χ2n) is 6.45. The lowest BCUT2D eigenvalue weighted by molar-refractivity contribution is 0.111. The average molecular weight is 341 g/mol. The third-order valence-corrected chi connectivity index (χ3v) is 5.16. The number of aromatic nitrogens is 2. The first-order valence-corrected chi connectivity index (χ1v) is 9.53. The van der Waals surface area contributed by atoms with Crippen LogP contribution < -0.4 is 14.5 Å². The molecule has 2 fully saturated rings. The number of nitrogens with one attached hydrogen (secondary N) is 1. The maximum Gasteiger partial charge on any atom is 0.208 e. The number of anilines is 2. The Kier molecular flexibility index (Phi) is 4.43. The highest BCUT2D eigenvalue weighted by atomic mass is 32.2. The van der Waals surface area contributed by atoms with Crippen molar-refractivity contribution < 1.29 is 13.2 Å². The van der Waals surface area contributed by atoms with Gasteiger partial charge in [0.05, 0.1) is 19.0 Å². The van der Waals surface area contributed by atoms with E-state index in [1.54, 1.807) is 6.33 Å². The first-order valence-electron chi connectivity index (χ1n) is 7.64. The number of hydrogen-bond acceptors (Lipinski definition) is 7. The predicted octanol–water partition coefficient (Wildman–Crippen LogP) is -0.457. The predicted molar refractivity (Wildman–Crippen MR) is 88.1 cm³/mol. The maximum atomic E-state index is 11.3. The van der Waals surface area contributed by atoms with Crippen LogP contribution in [0.4, 0.5) is 11.6 Å². The lowest BCUT2D eigenvalue weighted by Gasteiger charge is -2.21. The highest BCUT2D eigenvalue weighted by Crippen LogP contribution is 2.35. The lowest BCUT2D eigenvalue weighted by Crippen LogP contribution is -2.33. The van der Waals surface area contributed by atoms with Crippen LogP contribution in [-0.4, -0.2) is 71.1 Å². The zero-order valence-electron chi connectivity index (χ0n) is 13.6. The highest BCUT2D eigenvalue weighted by molar-refractivity contribution is 7.88. The Morgan fingerprint density at radius 1 is 1.39 bits per heavy atom.